The number of hydrogen-bond acceptors (Lipinski definition) is 5. The van der Waals surface area contributed by atoms with Crippen LogP contribution in [-0.4, -0.2) is 35.0 Å². The van der Waals surface area contributed by atoms with Gasteiger partial charge in [-0.2, -0.15) is 0 Å². The molecule has 2 N–H and O–H groups in total. The van der Waals surface area contributed by atoms with Crippen molar-refractivity contribution in [1.29, 1.82) is 0 Å². The van der Waals surface area contributed by atoms with Gasteiger partial charge in [-0.25, -0.2) is 4.79 Å². The Kier molecular flexibility index (Phi) is 12.1. The number of Topliss-reactive ketones (excluding diaryl/α,β-unsaturated/α-hetero) is 1. The SMILES string of the molecule is CC(=O)CCCCCCCCCC[C@H]1CC[C@@H](OC(=O)/C=C/c2ccc(O)cc2)[C@H](C)N1. The Balaban J connectivity index is 1.53. The fourth-order valence-corrected chi connectivity index (χ4v) is 4.33. The van der Waals surface area contributed by atoms with Crippen molar-refractivity contribution in [3.63, 3.8) is 0 Å². The summed E-state index contributed by atoms with van der Waals surface area (Å²) in [7, 11) is 0. The molecule has 1 aromatic rings. The van der Waals surface area contributed by atoms with Gasteiger partial charge in [0.25, 0.3) is 0 Å². The van der Waals surface area contributed by atoms with Crippen molar-refractivity contribution in [3.8, 4) is 5.75 Å². The van der Waals surface area contributed by atoms with Crippen molar-refractivity contribution in [2.75, 3.05) is 0 Å². The number of carbonyl (C=O) groups excluding carboxylic acids is 2. The van der Waals surface area contributed by atoms with Gasteiger partial charge in [-0.05, 0) is 63.3 Å². The summed E-state index contributed by atoms with van der Waals surface area (Å²) in [6, 6.07) is 7.37. The number of carbonyl (C=O) groups is 2. The van der Waals surface area contributed by atoms with E-state index >= 15 is 0 Å². The van der Waals surface area contributed by atoms with Crippen LogP contribution in [0.1, 0.15) is 96.5 Å². The van der Waals surface area contributed by atoms with Gasteiger partial charge in [-0.3, -0.25) is 0 Å². The van der Waals surface area contributed by atoms with Gasteiger partial charge < -0.3 is 20.0 Å². The minimum absolute atomic E-state index is 0.0915. The predicted molar refractivity (Wildman–Crippen MR) is 129 cm³/mol. The lowest BCUT2D eigenvalue weighted by Crippen LogP contribution is -2.50. The first-order chi connectivity index (χ1) is 15.4. The Morgan fingerprint density at radius 3 is 2.25 bits per heavy atom. The highest BCUT2D eigenvalue weighted by Crippen LogP contribution is 2.21. The van der Waals surface area contributed by atoms with Crippen molar-refractivity contribution in [1.82, 2.24) is 5.32 Å². The summed E-state index contributed by atoms with van der Waals surface area (Å²) in [6.45, 7) is 3.77. The Morgan fingerprint density at radius 1 is 1.00 bits per heavy atom. The fourth-order valence-electron chi connectivity index (χ4n) is 4.33. The number of aromatic hydroxyl groups is 1. The second-order valence-corrected chi connectivity index (χ2v) is 9.20. The third-order valence-corrected chi connectivity index (χ3v) is 6.26. The van der Waals surface area contributed by atoms with Crippen molar-refractivity contribution in [2.24, 2.45) is 0 Å². The molecule has 1 saturated heterocycles. The maximum absolute atomic E-state index is 12.2. The van der Waals surface area contributed by atoms with E-state index in [4.69, 9.17) is 4.74 Å². The van der Waals surface area contributed by atoms with E-state index < -0.39 is 0 Å². The highest BCUT2D eigenvalue weighted by Gasteiger charge is 2.28. The zero-order valence-electron chi connectivity index (χ0n) is 19.9. The normalized spacial score (nSPS) is 21.0. The molecular weight excluding hydrogens is 402 g/mol. The molecule has 1 aliphatic rings. The fraction of sp³-hybridized carbons (Fsp3) is 0.630. The van der Waals surface area contributed by atoms with Crippen LogP contribution in [0.5, 0.6) is 5.75 Å². The monoisotopic (exact) mass is 443 g/mol. The van der Waals surface area contributed by atoms with E-state index in [0.29, 0.717) is 11.8 Å². The van der Waals surface area contributed by atoms with Crippen LogP contribution in [0.3, 0.4) is 0 Å². The van der Waals surface area contributed by atoms with Crippen LogP contribution in [0.4, 0.5) is 0 Å². The van der Waals surface area contributed by atoms with Crippen molar-refractivity contribution in [3.05, 3.63) is 35.9 Å². The molecule has 5 heteroatoms. The molecular formula is C27H41NO4. The van der Waals surface area contributed by atoms with Gasteiger partial charge in [0, 0.05) is 24.6 Å². The van der Waals surface area contributed by atoms with Crippen LogP contribution < -0.4 is 5.32 Å². The number of benzene rings is 1. The van der Waals surface area contributed by atoms with E-state index in [2.05, 4.69) is 12.2 Å². The standard InChI is InChI=1S/C27H41NO4/c1-21(29)11-9-7-5-3-4-6-8-10-12-24-16-19-26(22(2)28-24)32-27(31)20-15-23-13-17-25(30)18-14-23/h13-15,17-18,20,22,24,26,28,30H,3-12,16,19H2,1-2H3/b20-15+/t22-,24-,26+/m0/s1. The third-order valence-electron chi connectivity index (χ3n) is 6.26. The van der Waals surface area contributed by atoms with Gasteiger partial charge in [0.15, 0.2) is 0 Å². The Bertz CT molecular complexity index is 713. The summed E-state index contributed by atoms with van der Waals surface area (Å²) in [4.78, 5) is 23.1. The first-order valence-electron chi connectivity index (χ1n) is 12.4. The van der Waals surface area contributed by atoms with Gasteiger partial charge in [-0.1, -0.05) is 57.1 Å². The summed E-state index contributed by atoms with van der Waals surface area (Å²) in [5, 5.41) is 12.9. The average molecular weight is 444 g/mol. The molecule has 178 valence electrons. The number of phenols is 1. The number of ether oxygens (including phenoxy) is 1. The summed E-state index contributed by atoms with van der Waals surface area (Å²) in [6.07, 6.45) is 16.8. The summed E-state index contributed by atoms with van der Waals surface area (Å²) >= 11 is 0. The number of ketones is 1. The maximum atomic E-state index is 12.2. The van der Waals surface area contributed by atoms with Gasteiger partial charge in [0.2, 0.25) is 0 Å². The van der Waals surface area contributed by atoms with E-state index in [-0.39, 0.29) is 23.9 Å². The topological polar surface area (TPSA) is 75.6 Å². The lowest BCUT2D eigenvalue weighted by atomic mass is 9.93. The van der Waals surface area contributed by atoms with Crippen LogP contribution in [0.15, 0.2) is 30.3 Å². The van der Waals surface area contributed by atoms with E-state index in [1.165, 1.54) is 57.4 Å². The minimum Gasteiger partial charge on any atom is -0.508 e. The summed E-state index contributed by atoms with van der Waals surface area (Å²) < 4.78 is 5.65. The van der Waals surface area contributed by atoms with Gasteiger partial charge >= 0.3 is 5.97 Å². The molecule has 0 spiro atoms. The van der Waals surface area contributed by atoms with E-state index in [9.17, 15) is 14.7 Å². The number of piperidine rings is 1. The molecule has 0 aliphatic carbocycles. The first kappa shape index (κ1) is 26.1. The lowest BCUT2D eigenvalue weighted by molar-refractivity contribution is -0.145. The molecule has 2 rings (SSSR count). The second-order valence-electron chi connectivity index (χ2n) is 9.20. The molecule has 1 fully saturated rings. The zero-order chi connectivity index (χ0) is 23.2. The molecule has 0 amide bonds. The molecule has 0 bridgehead atoms. The highest BCUT2D eigenvalue weighted by atomic mass is 16.5. The van der Waals surface area contributed by atoms with Crippen LogP contribution in [0.25, 0.3) is 6.08 Å². The molecule has 3 atom stereocenters. The number of unbranched alkanes of at least 4 members (excludes halogenated alkanes) is 7. The number of phenolic OH excluding ortho intramolecular Hbond substituents is 1. The van der Waals surface area contributed by atoms with E-state index in [1.54, 1.807) is 37.3 Å². The first-order valence-corrected chi connectivity index (χ1v) is 12.4. The molecule has 5 nitrogen and oxygen atoms in total. The van der Waals surface area contributed by atoms with Crippen molar-refractivity contribution >= 4 is 17.8 Å². The smallest absolute Gasteiger partial charge is 0.331 e. The maximum Gasteiger partial charge on any atom is 0.331 e. The molecule has 1 aliphatic heterocycles. The van der Waals surface area contributed by atoms with Crippen LogP contribution >= 0.6 is 0 Å². The summed E-state index contributed by atoms with van der Waals surface area (Å²) in [5.74, 6) is 0.192. The van der Waals surface area contributed by atoms with Crippen molar-refractivity contribution in [2.45, 2.75) is 109 Å². The van der Waals surface area contributed by atoms with E-state index in [0.717, 1.165) is 31.2 Å². The highest BCUT2D eigenvalue weighted by molar-refractivity contribution is 5.87. The van der Waals surface area contributed by atoms with Crippen LogP contribution in [0.2, 0.25) is 0 Å². The minimum atomic E-state index is -0.323. The number of rotatable bonds is 14. The largest absolute Gasteiger partial charge is 0.508 e. The Morgan fingerprint density at radius 2 is 1.62 bits per heavy atom. The predicted octanol–water partition coefficient (Wildman–Crippen LogP) is 5.95. The zero-order valence-corrected chi connectivity index (χ0v) is 19.9. The van der Waals surface area contributed by atoms with E-state index in [1.807, 2.05) is 0 Å². The Hall–Kier alpha value is -2.14. The van der Waals surface area contributed by atoms with Gasteiger partial charge in [0.05, 0.1) is 0 Å². The number of esters is 1. The molecule has 0 aromatic heterocycles. The number of nitrogens with one attached hydrogen (secondary N) is 1. The van der Waals surface area contributed by atoms with Crippen molar-refractivity contribution < 1.29 is 19.4 Å². The van der Waals surface area contributed by atoms with Gasteiger partial charge in [-0.15, -0.1) is 0 Å². The average Bonchev–Trinajstić information content (AvgIpc) is 2.76. The second kappa shape index (κ2) is 14.8. The summed E-state index contributed by atoms with van der Waals surface area (Å²) in [5.41, 5.74) is 0.850. The molecule has 0 saturated carbocycles. The molecule has 1 heterocycles. The van der Waals surface area contributed by atoms with Gasteiger partial charge in [0.1, 0.15) is 17.6 Å². The molecule has 32 heavy (non-hydrogen) atoms. The van der Waals surface area contributed by atoms with Crippen LogP contribution in [-0.2, 0) is 14.3 Å². The molecule has 0 radical (unpaired) electrons. The lowest BCUT2D eigenvalue weighted by Gasteiger charge is -2.35. The van der Waals surface area contributed by atoms with Crippen LogP contribution in [0, 0.1) is 0 Å². The molecule has 0 unspecified atom stereocenters. The quantitative estimate of drug-likeness (QED) is 0.211. The third kappa shape index (κ3) is 10.9. The molecule has 1 aromatic carbocycles. The Labute approximate surface area is 193 Å². The number of hydrogen-bond donors (Lipinski definition) is 2.